The molecular weight excluding hydrogens is 286 g/mol. The van der Waals surface area contributed by atoms with Crippen LogP contribution in [0.4, 0.5) is 0 Å². The van der Waals surface area contributed by atoms with E-state index in [4.69, 9.17) is 4.98 Å². The Morgan fingerprint density at radius 2 is 2.00 bits per heavy atom. The molecule has 0 radical (unpaired) electrons. The fourth-order valence-corrected chi connectivity index (χ4v) is 3.00. The predicted molar refractivity (Wildman–Crippen MR) is 88.5 cm³/mol. The third-order valence-electron chi connectivity index (χ3n) is 4.35. The topological polar surface area (TPSA) is 46.8 Å². The second-order valence-corrected chi connectivity index (χ2v) is 5.99. The van der Waals surface area contributed by atoms with E-state index in [0.717, 1.165) is 37.4 Å². The zero-order chi connectivity index (χ0) is 15.6. The molecule has 0 atom stereocenters. The zero-order valence-electron chi connectivity index (χ0n) is 13.2. The van der Waals surface area contributed by atoms with Crippen LogP contribution in [0.1, 0.15) is 17.0 Å². The van der Waals surface area contributed by atoms with E-state index in [1.807, 2.05) is 44.0 Å². The van der Waals surface area contributed by atoms with Crippen LogP contribution in [0.25, 0.3) is 11.4 Å². The molecule has 1 aromatic carbocycles. The summed E-state index contributed by atoms with van der Waals surface area (Å²) in [5.41, 5.74) is 4.72. The maximum atomic E-state index is 4.78. The summed E-state index contributed by atoms with van der Waals surface area (Å²) in [7, 11) is 2.04. The lowest BCUT2D eigenvalue weighted by molar-refractivity contribution is 0.238. The lowest BCUT2D eigenvalue weighted by Crippen LogP contribution is -2.31. The summed E-state index contributed by atoms with van der Waals surface area (Å²) in [5.74, 6) is 0.824. The SMILES string of the molecule is Cn1cncc1CN1CCc2nc(-c3ccccc3)ncc2C1. The second kappa shape index (κ2) is 5.93. The van der Waals surface area contributed by atoms with Gasteiger partial charge in [-0.15, -0.1) is 0 Å². The number of benzene rings is 1. The lowest BCUT2D eigenvalue weighted by Gasteiger charge is -2.28. The van der Waals surface area contributed by atoms with Crippen molar-refractivity contribution in [1.29, 1.82) is 0 Å². The number of hydrogen-bond acceptors (Lipinski definition) is 4. The molecule has 5 heteroatoms. The Morgan fingerprint density at radius 1 is 1.13 bits per heavy atom. The van der Waals surface area contributed by atoms with Crippen LogP contribution in [0.5, 0.6) is 0 Å². The van der Waals surface area contributed by atoms with Crippen LogP contribution in [0.2, 0.25) is 0 Å². The van der Waals surface area contributed by atoms with Crippen LogP contribution < -0.4 is 0 Å². The van der Waals surface area contributed by atoms with Crippen LogP contribution in [-0.4, -0.2) is 31.0 Å². The first kappa shape index (κ1) is 14.1. The molecule has 3 aromatic rings. The normalized spacial score (nSPS) is 14.7. The molecule has 116 valence electrons. The molecule has 4 rings (SSSR count). The van der Waals surface area contributed by atoms with Crippen LogP contribution in [0, 0.1) is 0 Å². The Bertz CT molecular complexity index is 809. The molecule has 0 aliphatic carbocycles. The van der Waals surface area contributed by atoms with Crippen LogP contribution in [0.15, 0.2) is 49.1 Å². The van der Waals surface area contributed by atoms with Gasteiger partial charge in [-0.3, -0.25) is 4.90 Å². The fourth-order valence-electron chi connectivity index (χ4n) is 3.00. The van der Waals surface area contributed by atoms with Crippen molar-refractivity contribution < 1.29 is 0 Å². The lowest BCUT2D eigenvalue weighted by atomic mass is 10.1. The molecule has 0 saturated carbocycles. The van der Waals surface area contributed by atoms with Crippen molar-refractivity contribution in [3.63, 3.8) is 0 Å². The molecule has 0 spiro atoms. The minimum atomic E-state index is 0.824. The van der Waals surface area contributed by atoms with Gasteiger partial charge in [-0.2, -0.15) is 0 Å². The van der Waals surface area contributed by atoms with E-state index in [1.54, 1.807) is 0 Å². The molecule has 0 N–H and O–H groups in total. The number of nitrogens with zero attached hydrogens (tertiary/aromatic N) is 5. The third-order valence-corrected chi connectivity index (χ3v) is 4.35. The molecule has 0 bridgehead atoms. The minimum absolute atomic E-state index is 0.824. The van der Waals surface area contributed by atoms with E-state index in [1.165, 1.54) is 17.0 Å². The summed E-state index contributed by atoms with van der Waals surface area (Å²) >= 11 is 0. The van der Waals surface area contributed by atoms with Gasteiger partial charge in [0.05, 0.1) is 17.7 Å². The number of fused-ring (bicyclic) bond motifs is 1. The van der Waals surface area contributed by atoms with Gasteiger partial charge in [-0.25, -0.2) is 15.0 Å². The van der Waals surface area contributed by atoms with Crippen molar-refractivity contribution in [2.24, 2.45) is 7.05 Å². The zero-order valence-corrected chi connectivity index (χ0v) is 13.2. The number of hydrogen-bond donors (Lipinski definition) is 0. The summed E-state index contributed by atoms with van der Waals surface area (Å²) in [4.78, 5) is 15.9. The van der Waals surface area contributed by atoms with Crippen molar-refractivity contribution in [2.45, 2.75) is 19.5 Å². The number of aromatic nitrogens is 4. The van der Waals surface area contributed by atoms with Gasteiger partial charge in [0.15, 0.2) is 5.82 Å². The molecule has 1 aliphatic rings. The Labute approximate surface area is 135 Å². The van der Waals surface area contributed by atoms with E-state index < -0.39 is 0 Å². The molecule has 0 unspecified atom stereocenters. The Balaban J connectivity index is 1.53. The third kappa shape index (κ3) is 2.87. The second-order valence-electron chi connectivity index (χ2n) is 5.99. The summed E-state index contributed by atoms with van der Waals surface area (Å²) in [6.45, 7) is 2.83. The van der Waals surface area contributed by atoms with Gasteiger partial charge in [0.25, 0.3) is 0 Å². The Kier molecular flexibility index (Phi) is 3.63. The first-order valence-electron chi connectivity index (χ1n) is 7.87. The van der Waals surface area contributed by atoms with Gasteiger partial charge < -0.3 is 4.57 Å². The predicted octanol–water partition coefficient (Wildman–Crippen LogP) is 2.44. The van der Waals surface area contributed by atoms with Crippen molar-refractivity contribution in [1.82, 2.24) is 24.4 Å². The standard InChI is InChI=1S/C18H19N5/c1-22-13-19-10-16(22)12-23-8-7-17-15(11-23)9-20-18(21-17)14-5-3-2-4-6-14/h2-6,9-10,13H,7-8,11-12H2,1H3. The quantitative estimate of drug-likeness (QED) is 0.745. The first-order chi connectivity index (χ1) is 11.3. The van der Waals surface area contributed by atoms with Gasteiger partial charge in [0.1, 0.15) is 0 Å². The van der Waals surface area contributed by atoms with Crippen molar-refractivity contribution in [3.8, 4) is 11.4 Å². The molecule has 0 amide bonds. The van der Waals surface area contributed by atoms with Crippen LogP contribution in [0.3, 0.4) is 0 Å². The van der Waals surface area contributed by atoms with Gasteiger partial charge in [-0.1, -0.05) is 30.3 Å². The van der Waals surface area contributed by atoms with E-state index in [0.29, 0.717) is 0 Å². The maximum Gasteiger partial charge on any atom is 0.159 e. The van der Waals surface area contributed by atoms with Gasteiger partial charge >= 0.3 is 0 Å². The average molecular weight is 305 g/mol. The average Bonchev–Trinajstić information content (AvgIpc) is 3.00. The molecule has 0 saturated heterocycles. The van der Waals surface area contributed by atoms with Gasteiger partial charge in [-0.05, 0) is 0 Å². The monoisotopic (exact) mass is 305 g/mol. The van der Waals surface area contributed by atoms with Crippen molar-refractivity contribution >= 4 is 0 Å². The number of imidazole rings is 1. The Hall–Kier alpha value is -2.53. The molecule has 1 aliphatic heterocycles. The Morgan fingerprint density at radius 3 is 2.78 bits per heavy atom. The minimum Gasteiger partial charge on any atom is -0.337 e. The summed E-state index contributed by atoms with van der Waals surface area (Å²) in [6, 6.07) is 10.2. The largest absolute Gasteiger partial charge is 0.337 e. The van der Waals surface area contributed by atoms with E-state index in [9.17, 15) is 0 Å². The van der Waals surface area contributed by atoms with Gasteiger partial charge in [0, 0.05) is 56.6 Å². The highest BCUT2D eigenvalue weighted by atomic mass is 15.2. The molecule has 23 heavy (non-hydrogen) atoms. The summed E-state index contributed by atoms with van der Waals surface area (Å²) in [5, 5.41) is 0. The highest BCUT2D eigenvalue weighted by Gasteiger charge is 2.19. The first-order valence-corrected chi connectivity index (χ1v) is 7.87. The highest BCUT2D eigenvalue weighted by molar-refractivity contribution is 5.54. The number of rotatable bonds is 3. The smallest absolute Gasteiger partial charge is 0.159 e. The van der Waals surface area contributed by atoms with Crippen molar-refractivity contribution in [2.75, 3.05) is 6.54 Å². The summed E-state index contributed by atoms with van der Waals surface area (Å²) < 4.78 is 2.07. The van der Waals surface area contributed by atoms with E-state index in [-0.39, 0.29) is 0 Å². The van der Waals surface area contributed by atoms with Crippen molar-refractivity contribution in [3.05, 3.63) is 66.0 Å². The van der Waals surface area contributed by atoms with E-state index >= 15 is 0 Å². The molecular formula is C18H19N5. The molecule has 0 fully saturated rings. The van der Waals surface area contributed by atoms with Gasteiger partial charge in [0.2, 0.25) is 0 Å². The molecule has 2 aromatic heterocycles. The molecule has 5 nitrogen and oxygen atoms in total. The van der Waals surface area contributed by atoms with Crippen LogP contribution in [-0.2, 0) is 26.6 Å². The van der Waals surface area contributed by atoms with Crippen LogP contribution >= 0.6 is 0 Å². The fraction of sp³-hybridized carbons (Fsp3) is 0.278. The maximum absolute atomic E-state index is 4.78. The molecule has 3 heterocycles. The number of aryl methyl sites for hydroxylation is 1. The summed E-state index contributed by atoms with van der Waals surface area (Å²) in [6.07, 6.45) is 6.74. The van der Waals surface area contributed by atoms with E-state index in [2.05, 4.69) is 31.6 Å². The highest BCUT2D eigenvalue weighted by Crippen LogP contribution is 2.21.